The van der Waals surface area contributed by atoms with Crippen LogP contribution in [0.3, 0.4) is 0 Å². The minimum Gasteiger partial charge on any atom is -0.351 e. The zero-order chi connectivity index (χ0) is 18.6. The van der Waals surface area contributed by atoms with Crippen molar-refractivity contribution in [3.8, 4) is 11.3 Å². The molecule has 8 heteroatoms. The fraction of sp³-hybridized carbons (Fsp3) is 0.316. The van der Waals surface area contributed by atoms with Crippen molar-refractivity contribution in [1.29, 1.82) is 0 Å². The van der Waals surface area contributed by atoms with E-state index in [0.29, 0.717) is 31.2 Å². The molecule has 0 radical (unpaired) electrons. The summed E-state index contributed by atoms with van der Waals surface area (Å²) < 4.78 is 6.58. The number of aromatic nitrogens is 4. The van der Waals surface area contributed by atoms with Crippen LogP contribution in [0, 0.1) is 5.92 Å². The van der Waals surface area contributed by atoms with Gasteiger partial charge in [0.15, 0.2) is 0 Å². The molecule has 1 aliphatic rings. The maximum absolute atomic E-state index is 12.4. The van der Waals surface area contributed by atoms with E-state index in [0.717, 1.165) is 18.4 Å². The molecule has 0 aliphatic carbocycles. The number of pyridine rings is 1. The predicted molar refractivity (Wildman–Crippen MR) is 96.9 cm³/mol. The molecular formula is C19H19N5O3. The van der Waals surface area contributed by atoms with Crippen LogP contribution in [0.2, 0.25) is 0 Å². The van der Waals surface area contributed by atoms with E-state index in [-0.39, 0.29) is 17.2 Å². The molecular weight excluding hydrogens is 346 g/mol. The van der Waals surface area contributed by atoms with Crippen LogP contribution in [-0.4, -0.2) is 43.6 Å². The molecule has 0 atom stereocenters. The first-order valence-electron chi connectivity index (χ1n) is 8.87. The van der Waals surface area contributed by atoms with Crippen LogP contribution in [0.5, 0.6) is 0 Å². The van der Waals surface area contributed by atoms with Crippen LogP contribution < -0.4 is 5.56 Å². The van der Waals surface area contributed by atoms with Gasteiger partial charge in [0.25, 0.3) is 11.5 Å². The molecule has 0 bridgehead atoms. The third-order valence-electron chi connectivity index (χ3n) is 4.86. The molecule has 8 nitrogen and oxygen atoms in total. The van der Waals surface area contributed by atoms with Crippen molar-refractivity contribution in [2.24, 2.45) is 5.92 Å². The zero-order valence-electron chi connectivity index (χ0n) is 14.7. The number of likely N-dealkylation sites (tertiary alicyclic amines) is 1. The minimum atomic E-state index is -0.133. The summed E-state index contributed by atoms with van der Waals surface area (Å²) in [6, 6.07) is 6.78. The van der Waals surface area contributed by atoms with Gasteiger partial charge in [0.2, 0.25) is 5.76 Å². The van der Waals surface area contributed by atoms with Gasteiger partial charge in [-0.15, -0.1) is 0 Å². The van der Waals surface area contributed by atoms with Crippen LogP contribution in [0.15, 0.2) is 58.5 Å². The Morgan fingerprint density at radius 2 is 1.93 bits per heavy atom. The van der Waals surface area contributed by atoms with Gasteiger partial charge in [-0.3, -0.25) is 19.1 Å². The largest absolute Gasteiger partial charge is 0.351 e. The monoisotopic (exact) mass is 365 g/mol. The summed E-state index contributed by atoms with van der Waals surface area (Å²) in [7, 11) is 0. The number of hydrogen-bond donors (Lipinski definition) is 0. The molecule has 0 aromatic carbocycles. The second kappa shape index (κ2) is 7.53. The van der Waals surface area contributed by atoms with Gasteiger partial charge >= 0.3 is 0 Å². The summed E-state index contributed by atoms with van der Waals surface area (Å²) in [5.74, 6) is 0.460. The molecule has 27 heavy (non-hydrogen) atoms. The molecule has 0 N–H and O–H groups in total. The Balaban J connectivity index is 1.38. The summed E-state index contributed by atoms with van der Waals surface area (Å²) in [5.41, 5.74) is 1.44. The molecule has 1 amide bonds. The maximum Gasteiger partial charge on any atom is 0.292 e. The molecule has 4 rings (SSSR count). The van der Waals surface area contributed by atoms with E-state index in [4.69, 9.17) is 4.52 Å². The van der Waals surface area contributed by atoms with Crippen LogP contribution in [0.25, 0.3) is 11.3 Å². The molecule has 4 heterocycles. The Kier molecular flexibility index (Phi) is 4.78. The Morgan fingerprint density at radius 1 is 1.15 bits per heavy atom. The molecule has 1 fully saturated rings. The maximum atomic E-state index is 12.4. The molecule has 0 saturated carbocycles. The molecule has 3 aromatic rings. The Morgan fingerprint density at radius 3 is 2.59 bits per heavy atom. The Bertz CT molecular complexity index is 961. The lowest BCUT2D eigenvalue weighted by Gasteiger charge is -2.31. The summed E-state index contributed by atoms with van der Waals surface area (Å²) in [5, 5.41) is 3.58. The fourth-order valence-corrected chi connectivity index (χ4v) is 3.32. The first-order chi connectivity index (χ1) is 13.2. The van der Waals surface area contributed by atoms with E-state index >= 15 is 0 Å². The van der Waals surface area contributed by atoms with Crippen molar-refractivity contribution in [2.45, 2.75) is 19.4 Å². The van der Waals surface area contributed by atoms with Crippen molar-refractivity contribution in [3.63, 3.8) is 0 Å². The second-order valence-corrected chi connectivity index (χ2v) is 6.61. The predicted octanol–water partition coefficient (Wildman–Crippen LogP) is 1.85. The van der Waals surface area contributed by atoms with E-state index < -0.39 is 0 Å². The highest BCUT2D eigenvalue weighted by Gasteiger charge is 2.25. The minimum absolute atomic E-state index is 0.0722. The highest BCUT2D eigenvalue weighted by molar-refractivity contribution is 5.91. The van der Waals surface area contributed by atoms with Gasteiger partial charge in [-0.2, -0.15) is 0 Å². The van der Waals surface area contributed by atoms with Gasteiger partial charge in [0.1, 0.15) is 0 Å². The molecule has 0 unspecified atom stereocenters. The first kappa shape index (κ1) is 17.1. The van der Waals surface area contributed by atoms with Crippen molar-refractivity contribution in [3.05, 3.63) is 65.3 Å². The van der Waals surface area contributed by atoms with Gasteiger partial charge in [-0.05, 0) is 30.9 Å². The average Bonchev–Trinajstić information content (AvgIpc) is 3.25. The van der Waals surface area contributed by atoms with Gasteiger partial charge in [0.05, 0.1) is 18.2 Å². The third-order valence-corrected chi connectivity index (χ3v) is 4.86. The van der Waals surface area contributed by atoms with Crippen LogP contribution in [-0.2, 0) is 6.54 Å². The van der Waals surface area contributed by atoms with Crippen LogP contribution in [0.4, 0.5) is 0 Å². The topological polar surface area (TPSA) is 94.1 Å². The van der Waals surface area contributed by atoms with Crippen molar-refractivity contribution in [2.75, 3.05) is 13.1 Å². The van der Waals surface area contributed by atoms with Crippen LogP contribution >= 0.6 is 0 Å². The number of piperidine rings is 1. The van der Waals surface area contributed by atoms with Gasteiger partial charge < -0.3 is 9.42 Å². The normalized spacial score (nSPS) is 15.0. The number of carbonyl (C=O) groups is 1. The number of hydrogen-bond acceptors (Lipinski definition) is 6. The zero-order valence-corrected chi connectivity index (χ0v) is 14.7. The summed E-state index contributed by atoms with van der Waals surface area (Å²) >= 11 is 0. The fourth-order valence-electron chi connectivity index (χ4n) is 3.32. The van der Waals surface area contributed by atoms with Gasteiger partial charge in [0, 0.05) is 49.7 Å². The average molecular weight is 365 g/mol. The molecule has 138 valence electrons. The second-order valence-electron chi connectivity index (χ2n) is 6.61. The molecule has 3 aromatic heterocycles. The summed E-state index contributed by atoms with van der Waals surface area (Å²) in [6.07, 6.45) is 8.09. The summed E-state index contributed by atoms with van der Waals surface area (Å²) in [6.45, 7) is 1.88. The van der Waals surface area contributed by atoms with E-state index in [1.807, 2.05) is 12.1 Å². The molecule has 0 spiro atoms. The van der Waals surface area contributed by atoms with Crippen molar-refractivity contribution >= 4 is 5.91 Å². The first-order valence-corrected chi connectivity index (χ1v) is 8.87. The quantitative estimate of drug-likeness (QED) is 0.700. The third kappa shape index (κ3) is 3.79. The number of amides is 1. The molecule has 1 saturated heterocycles. The van der Waals surface area contributed by atoms with E-state index in [9.17, 15) is 9.59 Å². The lowest BCUT2D eigenvalue weighted by molar-refractivity contribution is 0.0640. The highest BCUT2D eigenvalue weighted by atomic mass is 16.5. The summed E-state index contributed by atoms with van der Waals surface area (Å²) in [4.78, 5) is 34.9. The van der Waals surface area contributed by atoms with Crippen LogP contribution in [0.1, 0.15) is 23.4 Å². The SMILES string of the molecule is O=C(c1ccno1)N1CCC(Cn2cnc(-c3ccncc3)cc2=O)CC1. The number of carbonyl (C=O) groups excluding carboxylic acids is 1. The van der Waals surface area contributed by atoms with E-state index in [1.54, 1.807) is 40.3 Å². The highest BCUT2D eigenvalue weighted by Crippen LogP contribution is 2.20. The Hall–Kier alpha value is -3.29. The molecule has 1 aliphatic heterocycles. The van der Waals surface area contributed by atoms with Crippen molar-refractivity contribution in [1.82, 2.24) is 24.6 Å². The lowest BCUT2D eigenvalue weighted by Crippen LogP contribution is -2.40. The van der Waals surface area contributed by atoms with E-state index in [2.05, 4.69) is 15.1 Å². The van der Waals surface area contributed by atoms with Gasteiger partial charge in [-0.25, -0.2) is 4.98 Å². The number of nitrogens with zero attached hydrogens (tertiary/aromatic N) is 5. The smallest absolute Gasteiger partial charge is 0.292 e. The van der Waals surface area contributed by atoms with E-state index in [1.165, 1.54) is 6.20 Å². The standard InChI is InChI=1S/C19H19N5O3/c25-18-11-16(15-1-6-20-7-2-15)21-13-24(18)12-14-4-9-23(10-5-14)19(26)17-3-8-22-27-17/h1-3,6-8,11,13-14H,4-5,9-10,12H2. The van der Waals surface area contributed by atoms with Crippen molar-refractivity contribution < 1.29 is 9.32 Å². The number of rotatable bonds is 4. The lowest BCUT2D eigenvalue weighted by atomic mass is 9.96. The van der Waals surface area contributed by atoms with Gasteiger partial charge in [-0.1, -0.05) is 5.16 Å². The Labute approximate surface area is 155 Å².